The number of epoxide rings is 1. The Morgan fingerprint density at radius 2 is 1.97 bits per heavy atom. The topological polar surface area (TPSA) is 93.2 Å². The lowest BCUT2D eigenvalue weighted by Crippen LogP contribution is -2.63. The number of allylic oxidation sites excluding steroid dienone is 2. The third kappa shape index (κ3) is 2.28. The van der Waals surface area contributed by atoms with E-state index < -0.39 is 70.2 Å². The maximum Gasteiger partial charge on any atom is 0.303 e. The highest BCUT2D eigenvalue weighted by atomic mass is 19.1. The zero-order chi connectivity index (χ0) is 23.4. The molecule has 1 heterocycles. The first-order valence-corrected chi connectivity index (χ1v) is 11.2. The molecule has 0 aromatic carbocycles. The van der Waals surface area contributed by atoms with Crippen LogP contribution in [0.25, 0.3) is 0 Å². The van der Waals surface area contributed by atoms with Gasteiger partial charge in [-0.05, 0) is 50.0 Å². The van der Waals surface area contributed by atoms with Crippen LogP contribution in [0.3, 0.4) is 0 Å². The fraction of sp³-hybridized carbons (Fsp3) is 0.708. The number of hydrogen-bond donors (Lipinski definition) is 1. The fourth-order valence-electron chi connectivity index (χ4n) is 7.94. The number of carbonyl (C=O) groups is 3. The van der Waals surface area contributed by atoms with Crippen molar-refractivity contribution >= 4 is 17.5 Å². The van der Waals surface area contributed by atoms with Crippen LogP contribution >= 0.6 is 0 Å². The lowest BCUT2D eigenvalue weighted by atomic mass is 9.46. The maximum absolute atomic E-state index is 15.5. The van der Waals surface area contributed by atoms with Crippen LogP contribution in [0.4, 0.5) is 8.78 Å². The summed E-state index contributed by atoms with van der Waals surface area (Å²) in [6.07, 6.45) is 1.44. The number of alkyl halides is 1. The molecule has 1 saturated heterocycles. The number of ketones is 2. The molecule has 3 saturated carbocycles. The molecule has 3 unspecified atom stereocenters. The molecule has 6 nitrogen and oxygen atoms in total. The number of halogens is 2. The summed E-state index contributed by atoms with van der Waals surface area (Å²) in [6.45, 7) is 6.02. The van der Waals surface area contributed by atoms with E-state index in [9.17, 15) is 23.9 Å². The van der Waals surface area contributed by atoms with Crippen molar-refractivity contribution in [2.24, 2.45) is 28.6 Å². The lowest BCUT2D eigenvalue weighted by Gasteiger charge is -2.56. The van der Waals surface area contributed by atoms with Crippen molar-refractivity contribution < 1.29 is 37.7 Å². The van der Waals surface area contributed by atoms with Crippen LogP contribution in [0.5, 0.6) is 0 Å². The number of fused-ring (bicyclic) bond motifs is 3. The minimum atomic E-state index is -1.75. The summed E-state index contributed by atoms with van der Waals surface area (Å²) in [5.41, 5.74) is -4.78. The van der Waals surface area contributed by atoms with E-state index in [1.807, 2.05) is 6.92 Å². The van der Waals surface area contributed by atoms with Gasteiger partial charge in [0.2, 0.25) is 11.6 Å². The van der Waals surface area contributed by atoms with Gasteiger partial charge >= 0.3 is 5.97 Å². The van der Waals surface area contributed by atoms with Gasteiger partial charge in [-0.3, -0.25) is 14.4 Å². The molecule has 8 heteroatoms. The van der Waals surface area contributed by atoms with Gasteiger partial charge in [0.15, 0.2) is 12.4 Å². The molecule has 32 heavy (non-hydrogen) atoms. The summed E-state index contributed by atoms with van der Waals surface area (Å²) < 4.78 is 41.4. The van der Waals surface area contributed by atoms with Gasteiger partial charge in [-0.15, -0.1) is 0 Å². The average Bonchev–Trinajstić information content (AvgIpc) is 3.40. The minimum Gasteiger partial charge on any atom is -0.458 e. The van der Waals surface area contributed by atoms with Crippen LogP contribution < -0.4 is 0 Å². The first-order valence-electron chi connectivity index (χ1n) is 11.2. The Kier molecular flexibility index (Phi) is 4.34. The van der Waals surface area contributed by atoms with Crippen molar-refractivity contribution in [1.82, 2.24) is 0 Å². The molecule has 9 atom stereocenters. The molecule has 0 aromatic rings. The zero-order valence-electron chi connectivity index (χ0n) is 18.6. The van der Waals surface area contributed by atoms with Crippen molar-refractivity contribution in [3.63, 3.8) is 0 Å². The third-order valence-electron chi connectivity index (χ3n) is 9.41. The number of ether oxygens (including phenoxy) is 2. The molecule has 0 amide bonds. The van der Waals surface area contributed by atoms with Crippen molar-refractivity contribution in [3.8, 4) is 0 Å². The van der Waals surface area contributed by atoms with Crippen LogP contribution in [0, 0.1) is 28.6 Å². The smallest absolute Gasteiger partial charge is 0.303 e. The number of Topliss-reactive ketones (excluding diaryl/α,β-unsaturated/α-hetero) is 1. The lowest BCUT2D eigenvalue weighted by molar-refractivity contribution is -0.171. The van der Waals surface area contributed by atoms with E-state index in [0.29, 0.717) is 12.8 Å². The van der Waals surface area contributed by atoms with Gasteiger partial charge in [0.05, 0.1) is 6.10 Å². The summed E-state index contributed by atoms with van der Waals surface area (Å²) >= 11 is 0. The quantitative estimate of drug-likeness (QED) is 0.525. The Morgan fingerprint density at radius 1 is 1.28 bits per heavy atom. The van der Waals surface area contributed by atoms with E-state index in [1.54, 1.807) is 19.9 Å². The SMILES string of the molecule is CC(=O)OCC(=O)[C@@]1(O)C(C)C[C@H]2[C@@H]3CC(F)C4=C(F)C(=O)C=C[C@]4(C)[C@]34OC4C[C@@]21C. The van der Waals surface area contributed by atoms with E-state index in [1.165, 1.54) is 6.92 Å². The second kappa shape index (κ2) is 6.35. The van der Waals surface area contributed by atoms with Crippen molar-refractivity contribution in [2.75, 3.05) is 6.61 Å². The van der Waals surface area contributed by atoms with Crippen molar-refractivity contribution in [1.29, 1.82) is 0 Å². The fourth-order valence-corrected chi connectivity index (χ4v) is 7.94. The maximum atomic E-state index is 15.5. The van der Waals surface area contributed by atoms with Gasteiger partial charge in [0.1, 0.15) is 17.4 Å². The highest BCUT2D eigenvalue weighted by Crippen LogP contribution is 2.76. The molecule has 174 valence electrons. The van der Waals surface area contributed by atoms with Crippen LogP contribution in [0.1, 0.15) is 47.0 Å². The monoisotopic (exact) mass is 450 g/mol. The number of hydrogen-bond acceptors (Lipinski definition) is 6. The van der Waals surface area contributed by atoms with Crippen molar-refractivity contribution in [3.05, 3.63) is 23.6 Å². The van der Waals surface area contributed by atoms with E-state index in [4.69, 9.17) is 9.47 Å². The Labute approximate surface area is 185 Å². The number of carbonyl (C=O) groups excluding carboxylic acids is 3. The van der Waals surface area contributed by atoms with Gasteiger partial charge in [0.25, 0.3) is 0 Å². The first-order chi connectivity index (χ1) is 14.8. The Hall–Kier alpha value is -1.93. The van der Waals surface area contributed by atoms with Crippen molar-refractivity contribution in [2.45, 2.75) is 70.4 Å². The number of rotatable bonds is 3. The third-order valence-corrected chi connectivity index (χ3v) is 9.41. The second-order valence-electron chi connectivity index (χ2n) is 10.7. The molecule has 0 aromatic heterocycles. The highest BCUT2D eigenvalue weighted by molar-refractivity contribution is 6.04. The average molecular weight is 450 g/mol. The molecule has 1 N–H and O–H groups in total. The van der Waals surface area contributed by atoms with Gasteiger partial charge in [-0.2, -0.15) is 0 Å². The summed E-state index contributed by atoms with van der Waals surface area (Å²) in [6, 6.07) is 0. The van der Waals surface area contributed by atoms with Crippen LogP contribution in [0.15, 0.2) is 23.6 Å². The summed E-state index contributed by atoms with van der Waals surface area (Å²) in [7, 11) is 0. The summed E-state index contributed by atoms with van der Waals surface area (Å²) in [4.78, 5) is 36.3. The molecule has 5 rings (SSSR count). The Balaban J connectivity index is 1.56. The standard InChI is InChI=1S/C24H28F2O6/c1-11-7-13-14-8-15(25)19-20(26)16(28)5-6-21(19,3)24(14)18(32-24)9-22(13,4)23(11,30)17(29)10-31-12(2)27/h5-6,11,13-15,18,30H,7-10H2,1-4H3/t11?,13-,14-,15?,18?,21-,22-,23-,24-/m0/s1. The highest BCUT2D eigenvalue weighted by Gasteiger charge is 2.83. The van der Waals surface area contributed by atoms with E-state index >= 15 is 4.39 Å². The summed E-state index contributed by atoms with van der Waals surface area (Å²) in [5.74, 6) is -4.08. The van der Waals surface area contributed by atoms with Gasteiger partial charge in [0, 0.05) is 23.3 Å². The number of esters is 1. The number of aliphatic hydroxyl groups is 1. The van der Waals surface area contributed by atoms with Gasteiger partial charge in [-0.1, -0.05) is 19.9 Å². The molecule has 0 radical (unpaired) electrons. The second-order valence-corrected chi connectivity index (χ2v) is 10.7. The van der Waals surface area contributed by atoms with Gasteiger partial charge in [-0.25, -0.2) is 8.78 Å². The van der Waals surface area contributed by atoms with E-state index in [0.717, 1.165) is 6.08 Å². The predicted octanol–water partition coefficient (Wildman–Crippen LogP) is 2.78. The molecular weight excluding hydrogens is 422 g/mol. The Morgan fingerprint density at radius 3 is 2.62 bits per heavy atom. The molecule has 1 aliphatic heterocycles. The normalized spacial score (nSPS) is 50.8. The van der Waals surface area contributed by atoms with Crippen LogP contribution in [-0.4, -0.2) is 52.7 Å². The van der Waals surface area contributed by atoms with E-state index in [-0.39, 0.29) is 23.8 Å². The van der Waals surface area contributed by atoms with Crippen LogP contribution in [-0.2, 0) is 23.9 Å². The summed E-state index contributed by atoms with van der Waals surface area (Å²) in [5, 5.41) is 11.7. The Bertz CT molecular complexity index is 1000. The molecule has 0 bridgehead atoms. The molecule has 5 aliphatic rings. The van der Waals surface area contributed by atoms with Crippen LogP contribution in [0.2, 0.25) is 0 Å². The minimum absolute atomic E-state index is 0.0306. The molecule has 4 aliphatic carbocycles. The van der Waals surface area contributed by atoms with Gasteiger partial charge < -0.3 is 14.6 Å². The molecular formula is C24H28F2O6. The largest absolute Gasteiger partial charge is 0.458 e. The van der Waals surface area contributed by atoms with E-state index in [2.05, 4.69) is 0 Å². The first kappa shape index (κ1) is 21.9. The zero-order valence-corrected chi connectivity index (χ0v) is 18.6. The molecule has 4 fully saturated rings. The predicted molar refractivity (Wildman–Crippen MR) is 108 cm³/mol. The molecule has 1 spiro atoms.